The van der Waals surface area contributed by atoms with Crippen LogP contribution in [0, 0.1) is 5.92 Å². The van der Waals surface area contributed by atoms with Gasteiger partial charge in [0, 0.05) is 17.3 Å². The van der Waals surface area contributed by atoms with Crippen LogP contribution in [0.3, 0.4) is 0 Å². The Morgan fingerprint density at radius 1 is 1.35 bits per heavy atom. The molecule has 1 saturated carbocycles. The Bertz CT molecular complexity index is 1010. The van der Waals surface area contributed by atoms with Crippen molar-refractivity contribution >= 4 is 22.9 Å². The summed E-state index contributed by atoms with van der Waals surface area (Å²) in [5.41, 5.74) is -0.525. The van der Waals surface area contributed by atoms with E-state index >= 15 is 0 Å². The summed E-state index contributed by atoms with van der Waals surface area (Å²) < 4.78 is 1.15. The van der Waals surface area contributed by atoms with Crippen LogP contribution in [-0.2, 0) is 0 Å². The highest BCUT2D eigenvalue weighted by atomic mass is 32.1. The number of pyridine rings is 1. The van der Waals surface area contributed by atoms with Crippen molar-refractivity contribution in [2.24, 2.45) is 5.92 Å². The van der Waals surface area contributed by atoms with E-state index in [2.05, 4.69) is 10.3 Å². The van der Waals surface area contributed by atoms with E-state index in [0.29, 0.717) is 12.8 Å². The van der Waals surface area contributed by atoms with Gasteiger partial charge in [-0.2, -0.15) is 0 Å². The lowest BCUT2D eigenvalue weighted by atomic mass is 9.76. The van der Waals surface area contributed by atoms with Crippen LogP contribution in [-0.4, -0.2) is 31.6 Å². The maximum absolute atomic E-state index is 12.7. The predicted octanol–water partition coefficient (Wildman–Crippen LogP) is 1.70. The number of aliphatic hydroxyl groups excluding tert-OH is 1. The number of nitrogens with zero attached hydrogens (tertiary/aromatic N) is 2. The zero-order valence-electron chi connectivity index (χ0n) is 13.7. The standard InChI is InChI=1S/C18H17N3O4S/c22-11-7-10(8-11)15(14-4-2-6-26-14)20-17(24)12-9-19-16-13(23)3-1-5-21(16)18(12)25/h1-6,9-11,15,22-23H,7-8H2,(H,20,24). The van der Waals surface area contributed by atoms with E-state index < -0.39 is 11.5 Å². The number of rotatable bonds is 4. The number of thiophene rings is 1. The number of hydrogen-bond acceptors (Lipinski definition) is 6. The first-order chi connectivity index (χ1) is 12.5. The zero-order chi connectivity index (χ0) is 18.3. The lowest BCUT2D eigenvalue weighted by molar-refractivity contribution is 0.0241. The molecule has 1 unspecified atom stereocenters. The largest absolute Gasteiger partial charge is 0.504 e. The Morgan fingerprint density at radius 2 is 2.15 bits per heavy atom. The van der Waals surface area contributed by atoms with Gasteiger partial charge in [-0.25, -0.2) is 4.98 Å². The molecule has 0 radical (unpaired) electrons. The second kappa shape index (κ2) is 6.54. The molecule has 3 N–H and O–H groups in total. The molecule has 0 aliphatic heterocycles. The van der Waals surface area contributed by atoms with Gasteiger partial charge in [0.25, 0.3) is 11.5 Å². The topological polar surface area (TPSA) is 104 Å². The van der Waals surface area contributed by atoms with Crippen LogP contribution in [0.25, 0.3) is 5.65 Å². The summed E-state index contributed by atoms with van der Waals surface area (Å²) in [4.78, 5) is 30.4. The van der Waals surface area contributed by atoms with Crippen LogP contribution in [0.5, 0.6) is 5.75 Å². The number of aromatic hydroxyl groups is 1. The minimum atomic E-state index is -0.540. The third kappa shape index (κ3) is 2.87. The molecule has 7 nitrogen and oxygen atoms in total. The fraction of sp³-hybridized carbons (Fsp3) is 0.278. The second-order valence-electron chi connectivity index (χ2n) is 6.42. The first-order valence-corrected chi connectivity index (χ1v) is 9.14. The smallest absolute Gasteiger partial charge is 0.270 e. The molecule has 3 aromatic rings. The Labute approximate surface area is 152 Å². The molecule has 26 heavy (non-hydrogen) atoms. The highest BCUT2D eigenvalue weighted by Crippen LogP contribution is 2.39. The summed E-state index contributed by atoms with van der Waals surface area (Å²) in [6, 6.07) is 6.52. The van der Waals surface area contributed by atoms with Crippen LogP contribution in [0.1, 0.15) is 34.1 Å². The minimum Gasteiger partial charge on any atom is -0.504 e. The summed E-state index contributed by atoms with van der Waals surface area (Å²) in [7, 11) is 0. The quantitative estimate of drug-likeness (QED) is 0.648. The lowest BCUT2D eigenvalue weighted by Crippen LogP contribution is -2.42. The van der Waals surface area contributed by atoms with E-state index in [1.807, 2.05) is 17.5 Å². The number of aliphatic hydroxyl groups is 1. The maximum Gasteiger partial charge on any atom is 0.270 e. The van der Waals surface area contributed by atoms with Gasteiger partial charge in [0.1, 0.15) is 5.56 Å². The van der Waals surface area contributed by atoms with E-state index in [1.165, 1.54) is 35.9 Å². The van der Waals surface area contributed by atoms with Crippen LogP contribution >= 0.6 is 11.3 Å². The third-order valence-electron chi connectivity index (χ3n) is 4.71. The molecule has 0 bridgehead atoms. The molecule has 1 aliphatic rings. The molecule has 1 fully saturated rings. The van der Waals surface area contributed by atoms with Gasteiger partial charge in [-0.3, -0.25) is 14.0 Å². The van der Waals surface area contributed by atoms with Crippen molar-refractivity contribution in [3.8, 4) is 5.75 Å². The van der Waals surface area contributed by atoms with E-state index in [0.717, 1.165) is 9.28 Å². The van der Waals surface area contributed by atoms with Gasteiger partial charge in [0.05, 0.1) is 12.1 Å². The van der Waals surface area contributed by atoms with E-state index in [4.69, 9.17) is 0 Å². The van der Waals surface area contributed by atoms with E-state index in [-0.39, 0.29) is 35.0 Å². The highest BCUT2D eigenvalue weighted by Gasteiger charge is 2.36. The number of amides is 1. The number of hydrogen-bond donors (Lipinski definition) is 3. The normalized spacial score (nSPS) is 20.5. The Kier molecular flexibility index (Phi) is 4.21. The molecular weight excluding hydrogens is 354 g/mol. The Hall–Kier alpha value is -2.71. The van der Waals surface area contributed by atoms with Crippen molar-refractivity contribution in [1.82, 2.24) is 14.7 Å². The van der Waals surface area contributed by atoms with Crippen molar-refractivity contribution in [3.05, 3.63) is 62.8 Å². The van der Waals surface area contributed by atoms with Crippen LogP contribution in [0.4, 0.5) is 0 Å². The summed E-state index contributed by atoms with van der Waals surface area (Å²) >= 11 is 1.53. The molecule has 134 valence electrons. The molecule has 0 aromatic carbocycles. The zero-order valence-corrected chi connectivity index (χ0v) is 14.5. The SMILES string of the molecule is O=C(NC(c1cccs1)C1CC(O)C1)c1cnc2c(O)cccn2c1=O. The molecular formula is C18H17N3O4S. The average Bonchev–Trinajstić information content (AvgIpc) is 3.12. The first kappa shape index (κ1) is 16.7. The number of aromatic nitrogens is 2. The van der Waals surface area contributed by atoms with Crippen molar-refractivity contribution in [2.45, 2.75) is 25.0 Å². The fourth-order valence-corrected chi connectivity index (χ4v) is 4.13. The first-order valence-electron chi connectivity index (χ1n) is 8.26. The highest BCUT2D eigenvalue weighted by molar-refractivity contribution is 7.10. The maximum atomic E-state index is 12.7. The van der Waals surface area contributed by atoms with Gasteiger partial charge < -0.3 is 15.5 Å². The second-order valence-corrected chi connectivity index (χ2v) is 7.40. The molecule has 1 atom stereocenters. The number of carbonyl (C=O) groups is 1. The van der Waals surface area contributed by atoms with E-state index in [1.54, 1.807) is 0 Å². The monoisotopic (exact) mass is 371 g/mol. The molecule has 1 aliphatic carbocycles. The van der Waals surface area contributed by atoms with Crippen LogP contribution in [0.2, 0.25) is 0 Å². The van der Waals surface area contributed by atoms with Gasteiger partial charge in [0.15, 0.2) is 11.4 Å². The summed E-state index contributed by atoms with van der Waals surface area (Å²) in [5.74, 6) is -0.510. The summed E-state index contributed by atoms with van der Waals surface area (Å²) in [6.07, 6.45) is 3.54. The fourth-order valence-electron chi connectivity index (χ4n) is 3.26. The van der Waals surface area contributed by atoms with Crippen molar-refractivity contribution in [3.63, 3.8) is 0 Å². The number of carbonyl (C=O) groups excluding carboxylic acids is 1. The summed E-state index contributed by atoms with van der Waals surface area (Å²) in [5, 5.41) is 24.2. The predicted molar refractivity (Wildman–Crippen MR) is 96.4 cm³/mol. The van der Waals surface area contributed by atoms with Gasteiger partial charge in [-0.05, 0) is 42.3 Å². The average molecular weight is 371 g/mol. The molecule has 1 amide bonds. The molecule has 4 rings (SSSR count). The molecule has 3 aromatic heterocycles. The Balaban J connectivity index is 1.65. The molecule has 0 spiro atoms. The van der Waals surface area contributed by atoms with Crippen molar-refractivity contribution in [1.29, 1.82) is 0 Å². The van der Waals surface area contributed by atoms with Crippen molar-refractivity contribution < 1.29 is 15.0 Å². The molecule has 8 heteroatoms. The number of fused-ring (bicyclic) bond motifs is 1. The Morgan fingerprint density at radius 3 is 2.85 bits per heavy atom. The summed E-state index contributed by atoms with van der Waals surface area (Å²) in [6.45, 7) is 0. The molecule has 3 heterocycles. The van der Waals surface area contributed by atoms with Gasteiger partial charge >= 0.3 is 0 Å². The van der Waals surface area contributed by atoms with Gasteiger partial charge in [0.2, 0.25) is 0 Å². The molecule has 0 saturated heterocycles. The van der Waals surface area contributed by atoms with Gasteiger partial charge in [-0.1, -0.05) is 6.07 Å². The third-order valence-corrected chi connectivity index (χ3v) is 5.67. The number of nitrogens with one attached hydrogen (secondary N) is 1. The minimum absolute atomic E-state index is 0.0884. The van der Waals surface area contributed by atoms with Crippen molar-refractivity contribution in [2.75, 3.05) is 0 Å². The van der Waals surface area contributed by atoms with E-state index in [9.17, 15) is 19.8 Å². The van der Waals surface area contributed by atoms with Crippen LogP contribution < -0.4 is 10.9 Å². The van der Waals surface area contributed by atoms with Crippen LogP contribution in [0.15, 0.2) is 46.8 Å². The van der Waals surface area contributed by atoms with Gasteiger partial charge in [-0.15, -0.1) is 11.3 Å². The lowest BCUT2D eigenvalue weighted by Gasteiger charge is -2.37.